The quantitative estimate of drug-likeness (QED) is 0.0757. The third-order valence-corrected chi connectivity index (χ3v) is 13.0. The fraction of sp³-hybridized carbons (Fsp3) is 0.477. The number of piperidine rings is 3. The zero-order valence-electron chi connectivity index (χ0n) is 32.0. The Labute approximate surface area is 332 Å². The second kappa shape index (κ2) is 17.4. The van der Waals surface area contributed by atoms with E-state index >= 15 is 0 Å². The highest BCUT2D eigenvalue weighted by molar-refractivity contribution is 6.34. The molecule has 1 saturated carbocycles. The van der Waals surface area contributed by atoms with Crippen molar-refractivity contribution in [2.24, 2.45) is 17.8 Å². The van der Waals surface area contributed by atoms with Crippen LogP contribution in [0.3, 0.4) is 0 Å². The molecule has 4 heterocycles. The normalized spacial score (nSPS) is 23.8. The van der Waals surface area contributed by atoms with Gasteiger partial charge in [0.15, 0.2) is 0 Å². The minimum Gasteiger partial charge on any atom is -0.506 e. The number of hydrogen-bond donors (Lipinski definition) is 6. The van der Waals surface area contributed by atoms with Gasteiger partial charge in [-0.3, -0.25) is 14.4 Å². The fourth-order valence-electron chi connectivity index (χ4n) is 9.85. The van der Waals surface area contributed by atoms with Gasteiger partial charge in [0.2, 0.25) is 5.56 Å². The van der Waals surface area contributed by atoms with E-state index in [-0.39, 0.29) is 40.2 Å². The molecule has 12 heteroatoms. The minimum atomic E-state index is -0.940. The second-order valence-electron chi connectivity index (χ2n) is 15.9. The lowest BCUT2D eigenvalue weighted by molar-refractivity contribution is -0.151. The number of carboxylic acids is 1. The van der Waals surface area contributed by atoms with Crippen molar-refractivity contribution in [1.82, 2.24) is 20.5 Å². The number of aliphatic carboxylic acids is 1. The first-order valence-corrected chi connectivity index (χ1v) is 20.4. The number of nitrogens with one attached hydrogen (secondary N) is 3. The number of hydrogen-bond acceptors (Lipinski definition) is 8. The van der Waals surface area contributed by atoms with E-state index in [4.69, 9.17) is 16.3 Å². The summed E-state index contributed by atoms with van der Waals surface area (Å²) in [5.74, 6) is 0.650. The number of pyridine rings is 1. The summed E-state index contributed by atoms with van der Waals surface area (Å²) in [6, 6.07) is 17.6. The lowest BCUT2D eigenvalue weighted by Crippen LogP contribution is -2.56. The van der Waals surface area contributed by atoms with E-state index in [0.29, 0.717) is 59.2 Å². The van der Waals surface area contributed by atoms with Crippen molar-refractivity contribution in [3.05, 3.63) is 104 Å². The van der Waals surface area contributed by atoms with Crippen LogP contribution in [0.4, 0.5) is 0 Å². The van der Waals surface area contributed by atoms with Gasteiger partial charge in [0.05, 0.1) is 34.7 Å². The van der Waals surface area contributed by atoms with Crippen LogP contribution < -0.4 is 20.9 Å². The predicted molar refractivity (Wildman–Crippen MR) is 217 cm³/mol. The number of carbonyl (C=O) groups excluding carboxylic acids is 1. The van der Waals surface area contributed by atoms with Crippen LogP contribution in [-0.4, -0.2) is 76.9 Å². The number of methoxy groups -OCH3 is 1. The number of nitrogens with zero attached hydrogens (tertiary/aromatic N) is 1. The molecular weight excluding hydrogens is 732 g/mol. The van der Waals surface area contributed by atoms with Gasteiger partial charge < -0.3 is 40.6 Å². The summed E-state index contributed by atoms with van der Waals surface area (Å²) in [6.45, 7) is 4.25. The number of H-pyrrole nitrogens is 1. The molecule has 3 aliphatic heterocycles. The summed E-state index contributed by atoms with van der Waals surface area (Å²) in [5.41, 5.74) is 2.71. The molecular formula is C44H53ClN4O7. The number of aromatic hydroxyl groups is 1. The Bertz CT molecular complexity index is 2120. The predicted octanol–water partition coefficient (Wildman–Crippen LogP) is 6.33. The molecule has 3 saturated heterocycles. The lowest BCUT2D eigenvalue weighted by Gasteiger charge is -2.53. The summed E-state index contributed by atoms with van der Waals surface area (Å²) >= 11 is 6.60. The standard InChI is InChI=1S/C44H53ClN4O7/c1-56-39-23-33(36(45)22-29(39)24-46-25-38(51)31-11-13-37(50)41-32(31)12-14-40(52)48-41)42(53)47-18-5-3-7-27-8-6-9-30(21-27)44(43(54)55)17-4-2-10-35(44)34-26-49-19-15-28(34)16-20-49/h6,8-9,11-14,21-23,28,34-35,38,46,50-51H,2-5,7,10,15-20,24-26H2,1H3,(H,47,53)(H,48,52)(H,54,55)/t34?,35?,38-,44?/m0/s1. The number of aromatic nitrogens is 1. The van der Waals surface area contributed by atoms with Crippen LogP contribution in [0.5, 0.6) is 11.5 Å². The summed E-state index contributed by atoms with van der Waals surface area (Å²) in [6.07, 6.45) is 7.53. The van der Waals surface area contributed by atoms with E-state index in [2.05, 4.69) is 32.7 Å². The largest absolute Gasteiger partial charge is 0.506 e. The molecule has 8 rings (SSSR count). The third kappa shape index (κ3) is 8.18. The monoisotopic (exact) mass is 784 g/mol. The molecule has 0 spiro atoms. The molecule has 1 aliphatic carbocycles. The number of carbonyl (C=O) groups is 2. The Balaban J connectivity index is 0.922. The topological polar surface area (TPSA) is 164 Å². The zero-order chi connectivity index (χ0) is 39.4. The first-order chi connectivity index (χ1) is 27.1. The van der Waals surface area contributed by atoms with Crippen molar-refractivity contribution < 1.29 is 29.6 Å². The molecule has 11 nitrogen and oxygen atoms in total. The number of fused-ring (bicyclic) bond motifs is 4. The van der Waals surface area contributed by atoms with Crippen LogP contribution in [0.1, 0.15) is 90.1 Å². The van der Waals surface area contributed by atoms with Gasteiger partial charge in [-0.05, 0) is 117 Å². The number of benzene rings is 3. The Morgan fingerprint density at radius 1 is 1.05 bits per heavy atom. The van der Waals surface area contributed by atoms with Crippen molar-refractivity contribution in [3.63, 3.8) is 0 Å². The molecule has 4 fully saturated rings. The van der Waals surface area contributed by atoms with Gasteiger partial charge in [-0.1, -0.05) is 54.8 Å². The molecule has 4 aromatic rings. The summed E-state index contributed by atoms with van der Waals surface area (Å²) in [7, 11) is 1.52. The van der Waals surface area contributed by atoms with E-state index in [9.17, 15) is 29.7 Å². The number of phenolic OH excluding ortho intramolecular Hbond substituents is 1. The number of aliphatic hydroxyl groups is 1. The smallest absolute Gasteiger partial charge is 0.314 e. The van der Waals surface area contributed by atoms with Crippen molar-refractivity contribution in [1.29, 1.82) is 0 Å². The number of aliphatic hydroxyl groups excluding tert-OH is 1. The molecule has 56 heavy (non-hydrogen) atoms. The highest BCUT2D eigenvalue weighted by Gasteiger charge is 2.54. The average Bonchev–Trinajstić information content (AvgIpc) is 3.21. The van der Waals surface area contributed by atoms with E-state index in [1.165, 1.54) is 32.1 Å². The van der Waals surface area contributed by atoms with Crippen molar-refractivity contribution in [3.8, 4) is 11.5 Å². The van der Waals surface area contributed by atoms with Crippen LogP contribution >= 0.6 is 11.6 Å². The van der Waals surface area contributed by atoms with Gasteiger partial charge in [0.1, 0.15) is 11.5 Å². The molecule has 0 radical (unpaired) electrons. The highest BCUT2D eigenvalue weighted by Crippen LogP contribution is 2.52. The Morgan fingerprint density at radius 2 is 1.88 bits per heavy atom. The molecule has 2 bridgehead atoms. The average molecular weight is 785 g/mol. The second-order valence-corrected chi connectivity index (χ2v) is 16.3. The van der Waals surface area contributed by atoms with Gasteiger partial charge in [0.25, 0.3) is 5.91 Å². The van der Waals surface area contributed by atoms with Crippen molar-refractivity contribution >= 4 is 34.4 Å². The van der Waals surface area contributed by atoms with Crippen LogP contribution in [0.15, 0.2) is 65.5 Å². The maximum Gasteiger partial charge on any atom is 0.314 e. The van der Waals surface area contributed by atoms with Crippen LogP contribution in [0.25, 0.3) is 10.9 Å². The fourth-order valence-corrected chi connectivity index (χ4v) is 10.1. The van der Waals surface area contributed by atoms with E-state index < -0.39 is 17.5 Å². The van der Waals surface area contributed by atoms with Gasteiger partial charge in [-0.2, -0.15) is 0 Å². The summed E-state index contributed by atoms with van der Waals surface area (Å²) in [5, 5.41) is 39.0. The Kier molecular flexibility index (Phi) is 12.4. The van der Waals surface area contributed by atoms with E-state index in [1.807, 2.05) is 12.1 Å². The van der Waals surface area contributed by atoms with Gasteiger partial charge in [-0.15, -0.1) is 0 Å². The maximum atomic E-state index is 13.3. The number of phenols is 1. The highest BCUT2D eigenvalue weighted by atomic mass is 35.5. The number of ether oxygens (including phenoxy) is 1. The van der Waals surface area contributed by atoms with Crippen molar-refractivity contribution in [2.75, 3.05) is 39.8 Å². The third-order valence-electron chi connectivity index (χ3n) is 12.7. The number of aromatic amines is 1. The SMILES string of the molecule is COc1cc(C(=O)NCCCCc2cccc(C3(C(=O)O)CCCCC3C3CN4CCC3CC4)c2)c(Cl)cc1CNC[C@H](O)c1ccc(O)c2[nH]c(=O)ccc12. The first kappa shape index (κ1) is 39.8. The van der Waals surface area contributed by atoms with E-state index in [0.717, 1.165) is 69.3 Å². The van der Waals surface area contributed by atoms with E-state index in [1.54, 1.807) is 24.3 Å². The number of halogens is 1. The molecule has 3 unspecified atom stereocenters. The number of amides is 1. The number of carboxylic acid groups (broad SMARTS) is 1. The molecule has 298 valence electrons. The Morgan fingerprint density at radius 3 is 2.62 bits per heavy atom. The van der Waals surface area contributed by atoms with Crippen LogP contribution in [0, 0.1) is 17.8 Å². The number of unbranched alkanes of at least 4 members (excludes halogenated alkanes) is 1. The molecule has 1 aromatic heterocycles. The molecule has 3 aromatic carbocycles. The van der Waals surface area contributed by atoms with Gasteiger partial charge in [0, 0.05) is 43.2 Å². The first-order valence-electron chi connectivity index (χ1n) is 20.0. The summed E-state index contributed by atoms with van der Waals surface area (Å²) < 4.78 is 5.59. The lowest BCUT2D eigenvalue weighted by atomic mass is 9.55. The maximum absolute atomic E-state index is 13.3. The minimum absolute atomic E-state index is 0.0789. The molecule has 6 N–H and O–H groups in total. The number of rotatable bonds is 15. The van der Waals surface area contributed by atoms with Gasteiger partial charge >= 0.3 is 5.97 Å². The van der Waals surface area contributed by atoms with Crippen LogP contribution in [0.2, 0.25) is 5.02 Å². The van der Waals surface area contributed by atoms with Crippen molar-refractivity contribution in [2.45, 2.75) is 75.9 Å². The van der Waals surface area contributed by atoms with Crippen LogP contribution in [-0.2, 0) is 23.2 Å². The molecule has 4 aliphatic rings. The Hall–Kier alpha value is -4.42. The van der Waals surface area contributed by atoms with Gasteiger partial charge in [-0.25, -0.2) is 0 Å². The summed E-state index contributed by atoms with van der Waals surface area (Å²) in [4.78, 5) is 43.4. The molecule has 1 amide bonds. The zero-order valence-corrected chi connectivity index (χ0v) is 32.7. The molecule has 4 atom stereocenters. The number of aryl methyl sites for hydroxylation is 1.